The largest absolute Gasteiger partial charge is 0.321 e. The summed E-state index contributed by atoms with van der Waals surface area (Å²) >= 11 is 6.08. The molecule has 0 saturated heterocycles. The first-order chi connectivity index (χ1) is 9.92. The van der Waals surface area contributed by atoms with Gasteiger partial charge in [-0.15, -0.1) is 0 Å². The summed E-state index contributed by atoms with van der Waals surface area (Å²) in [5.74, 6) is -0.198. The molecule has 0 unspecified atom stereocenters. The Balaban J connectivity index is 2.33. The number of hydrogen-bond acceptors (Lipinski definition) is 2. The molecule has 0 radical (unpaired) electrons. The zero-order valence-corrected chi connectivity index (χ0v) is 12.9. The van der Waals surface area contributed by atoms with Crippen LogP contribution in [-0.2, 0) is 0 Å². The Morgan fingerprint density at radius 3 is 2.29 bits per heavy atom. The van der Waals surface area contributed by atoms with Gasteiger partial charge in [0.1, 0.15) is 0 Å². The molecule has 0 heterocycles. The van der Waals surface area contributed by atoms with Crippen LogP contribution in [0.1, 0.15) is 32.6 Å². The predicted molar refractivity (Wildman–Crippen MR) is 84.8 cm³/mol. The van der Waals surface area contributed by atoms with E-state index in [4.69, 9.17) is 16.9 Å². The minimum atomic E-state index is -0.198. The summed E-state index contributed by atoms with van der Waals surface area (Å²) in [6, 6.07) is 10.7. The van der Waals surface area contributed by atoms with Gasteiger partial charge in [0.15, 0.2) is 0 Å². The third-order valence-corrected chi connectivity index (χ3v) is 3.56. The first kappa shape index (κ1) is 15.1. The van der Waals surface area contributed by atoms with Crippen molar-refractivity contribution >= 4 is 23.2 Å². The molecule has 0 fully saturated rings. The number of rotatable bonds is 2. The summed E-state index contributed by atoms with van der Waals surface area (Å²) in [5, 5.41) is 12.0. The van der Waals surface area contributed by atoms with Crippen LogP contribution in [0.2, 0.25) is 5.02 Å². The molecule has 2 aromatic carbocycles. The highest BCUT2D eigenvalue weighted by atomic mass is 35.5. The van der Waals surface area contributed by atoms with Crippen molar-refractivity contribution in [3.05, 3.63) is 63.2 Å². The van der Waals surface area contributed by atoms with Gasteiger partial charge < -0.3 is 5.32 Å². The zero-order chi connectivity index (χ0) is 15.6. The monoisotopic (exact) mass is 298 g/mol. The molecule has 0 aromatic heterocycles. The Morgan fingerprint density at radius 1 is 1.14 bits per heavy atom. The average molecular weight is 299 g/mol. The predicted octanol–water partition coefficient (Wildman–Crippen LogP) is 4.39. The fourth-order valence-electron chi connectivity index (χ4n) is 2.41. The van der Waals surface area contributed by atoms with E-state index in [0.717, 1.165) is 16.7 Å². The van der Waals surface area contributed by atoms with Crippen LogP contribution in [0.25, 0.3) is 0 Å². The van der Waals surface area contributed by atoms with Crippen LogP contribution in [0, 0.1) is 32.1 Å². The molecule has 0 atom stereocenters. The van der Waals surface area contributed by atoms with Gasteiger partial charge in [-0.2, -0.15) is 5.26 Å². The van der Waals surface area contributed by atoms with Gasteiger partial charge in [-0.3, -0.25) is 4.79 Å². The molecule has 3 nitrogen and oxygen atoms in total. The second kappa shape index (κ2) is 5.99. The van der Waals surface area contributed by atoms with Gasteiger partial charge in [-0.05, 0) is 50.1 Å². The molecule has 1 N–H and O–H groups in total. The summed E-state index contributed by atoms with van der Waals surface area (Å²) < 4.78 is 0. The van der Waals surface area contributed by atoms with Gasteiger partial charge >= 0.3 is 0 Å². The molecule has 1 amide bonds. The van der Waals surface area contributed by atoms with Gasteiger partial charge in [0.25, 0.3) is 5.91 Å². The Bertz CT molecular complexity index is 737. The van der Waals surface area contributed by atoms with E-state index >= 15 is 0 Å². The first-order valence-electron chi connectivity index (χ1n) is 6.51. The molecule has 0 spiro atoms. The maximum absolute atomic E-state index is 12.4. The summed E-state index contributed by atoms with van der Waals surface area (Å²) in [6.45, 7) is 5.82. The Labute approximate surface area is 129 Å². The van der Waals surface area contributed by atoms with Crippen molar-refractivity contribution in [3.8, 4) is 6.07 Å². The number of carbonyl (C=O) groups is 1. The van der Waals surface area contributed by atoms with E-state index in [-0.39, 0.29) is 5.91 Å². The lowest BCUT2D eigenvalue weighted by molar-refractivity contribution is 0.102. The number of hydrogen-bond donors (Lipinski definition) is 1. The van der Waals surface area contributed by atoms with Crippen LogP contribution in [0.3, 0.4) is 0 Å². The molecular formula is C17H15ClN2O. The van der Waals surface area contributed by atoms with E-state index in [1.165, 1.54) is 6.07 Å². The molecule has 0 aliphatic heterocycles. The Morgan fingerprint density at radius 2 is 1.76 bits per heavy atom. The summed E-state index contributed by atoms with van der Waals surface area (Å²) in [5.41, 5.74) is 4.59. The SMILES string of the molecule is Cc1cc(C)c(C(=O)Nc2ccc(C#N)cc2Cl)c(C)c1. The Hall–Kier alpha value is -2.31. The van der Waals surface area contributed by atoms with Crippen molar-refractivity contribution in [2.75, 3.05) is 5.32 Å². The van der Waals surface area contributed by atoms with Gasteiger partial charge in [-0.25, -0.2) is 0 Å². The van der Waals surface area contributed by atoms with Crippen LogP contribution in [0.15, 0.2) is 30.3 Å². The molecule has 0 aliphatic carbocycles. The number of benzene rings is 2. The highest BCUT2D eigenvalue weighted by Crippen LogP contribution is 2.25. The van der Waals surface area contributed by atoms with Gasteiger partial charge in [0, 0.05) is 5.56 Å². The lowest BCUT2D eigenvalue weighted by Gasteiger charge is -2.12. The van der Waals surface area contributed by atoms with Gasteiger partial charge in [-0.1, -0.05) is 29.3 Å². The summed E-state index contributed by atoms with van der Waals surface area (Å²) in [4.78, 5) is 12.4. The average Bonchev–Trinajstić information content (AvgIpc) is 2.39. The molecule has 0 saturated carbocycles. The molecular weight excluding hydrogens is 284 g/mol. The van der Waals surface area contributed by atoms with Crippen molar-refractivity contribution in [2.45, 2.75) is 20.8 Å². The molecule has 4 heteroatoms. The molecule has 21 heavy (non-hydrogen) atoms. The molecule has 0 bridgehead atoms. The minimum Gasteiger partial charge on any atom is -0.321 e. The third kappa shape index (κ3) is 3.24. The van der Waals surface area contributed by atoms with Crippen LogP contribution in [-0.4, -0.2) is 5.91 Å². The lowest BCUT2D eigenvalue weighted by Crippen LogP contribution is -2.15. The Kier molecular flexibility index (Phi) is 4.30. The highest BCUT2D eigenvalue weighted by Gasteiger charge is 2.14. The lowest BCUT2D eigenvalue weighted by atomic mass is 9.99. The van der Waals surface area contributed by atoms with E-state index in [1.54, 1.807) is 12.1 Å². The van der Waals surface area contributed by atoms with Crippen LogP contribution in [0.4, 0.5) is 5.69 Å². The normalized spacial score (nSPS) is 10.0. The van der Waals surface area contributed by atoms with E-state index < -0.39 is 0 Å². The van der Waals surface area contributed by atoms with E-state index in [0.29, 0.717) is 21.8 Å². The van der Waals surface area contributed by atoms with Crippen LogP contribution < -0.4 is 5.32 Å². The fourth-order valence-corrected chi connectivity index (χ4v) is 2.64. The molecule has 0 aliphatic rings. The molecule has 106 valence electrons. The molecule has 2 aromatic rings. The quantitative estimate of drug-likeness (QED) is 0.894. The molecule has 2 rings (SSSR count). The van der Waals surface area contributed by atoms with Crippen LogP contribution in [0.5, 0.6) is 0 Å². The highest BCUT2D eigenvalue weighted by molar-refractivity contribution is 6.34. The first-order valence-corrected chi connectivity index (χ1v) is 6.89. The van der Waals surface area contributed by atoms with Gasteiger partial charge in [0.2, 0.25) is 0 Å². The number of amides is 1. The number of halogens is 1. The number of carbonyl (C=O) groups excluding carboxylic acids is 1. The van der Waals surface area contributed by atoms with E-state index in [1.807, 2.05) is 39.0 Å². The van der Waals surface area contributed by atoms with Crippen molar-refractivity contribution < 1.29 is 4.79 Å². The van der Waals surface area contributed by atoms with Crippen molar-refractivity contribution in [2.24, 2.45) is 0 Å². The second-order valence-electron chi connectivity index (χ2n) is 5.03. The maximum atomic E-state index is 12.4. The van der Waals surface area contributed by atoms with E-state index in [2.05, 4.69) is 5.32 Å². The maximum Gasteiger partial charge on any atom is 0.256 e. The number of anilines is 1. The van der Waals surface area contributed by atoms with Crippen LogP contribution >= 0.6 is 11.6 Å². The summed E-state index contributed by atoms with van der Waals surface area (Å²) in [6.07, 6.45) is 0. The smallest absolute Gasteiger partial charge is 0.256 e. The number of nitrogens with zero attached hydrogens (tertiary/aromatic N) is 1. The minimum absolute atomic E-state index is 0.198. The van der Waals surface area contributed by atoms with Gasteiger partial charge in [0.05, 0.1) is 22.3 Å². The van der Waals surface area contributed by atoms with E-state index in [9.17, 15) is 4.79 Å². The number of nitriles is 1. The fraction of sp³-hybridized carbons (Fsp3) is 0.176. The van der Waals surface area contributed by atoms with Crippen molar-refractivity contribution in [1.29, 1.82) is 5.26 Å². The number of nitrogens with one attached hydrogen (secondary N) is 1. The zero-order valence-electron chi connectivity index (χ0n) is 12.1. The van der Waals surface area contributed by atoms with Crippen molar-refractivity contribution in [1.82, 2.24) is 0 Å². The third-order valence-electron chi connectivity index (χ3n) is 3.25. The standard InChI is InChI=1S/C17H15ClN2O/c1-10-6-11(2)16(12(3)7-10)17(21)20-15-5-4-13(9-19)8-14(15)18/h4-8H,1-3H3,(H,20,21). The topological polar surface area (TPSA) is 52.9 Å². The second-order valence-corrected chi connectivity index (χ2v) is 5.44. The summed E-state index contributed by atoms with van der Waals surface area (Å²) in [7, 11) is 0. The number of aryl methyl sites for hydroxylation is 3. The van der Waals surface area contributed by atoms with Crippen molar-refractivity contribution in [3.63, 3.8) is 0 Å².